The van der Waals surface area contributed by atoms with Crippen LogP contribution in [0, 0.1) is 28.6 Å². The zero-order valence-electron chi connectivity index (χ0n) is 20.3. The van der Waals surface area contributed by atoms with Crippen molar-refractivity contribution in [3.63, 3.8) is 0 Å². The average molecular weight is 479 g/mol. The summed E-state index contributed by atoms with van der Waals surface area (Å²) in [6.07, 6.45) is 10.5. The summed E-state index contributed by atoms with van der Waals surface area (Å²) in [6.45, 7) is 6.44. The van der Waals surface area contributed by atoms with Crippen LogP contribution in [0.4, 0.5) is 10.8 Å². The van der Waals surface area contributed by atoms with Gasteiger partial charge in [-0.3, -0.25) is 4.79 Å². The van der Waals surface area contributed by atoms with Gasteiger partial charge < -0.3 is 15.2 Å². The van der Waals surface area contributed by atoms with Crippen LogP contribution in [0.5, 0.6) is 5.75 Å². The quantitative estimate of drug-likeness (QED) is 0.480. The van der Waals surface area contributed by atoms with E-state index in [4.69, 9.17) is 9.72 Å². The molecular weight excluding hydrogens is 444 g/mol. The topological polar surface area (TPSA) is 71.5 Å². The molecule has 180 valence electrons. The van der Waals surface area contributed by atoms with Crippen LogP contribution in [0.3, 0.4) is 0 Å². The molecule has 4 aliphatic carbocycles. The Labute approximate surface area is 205 Å². The minimum atomic E-state index is -0.132. The molecule has 4 aliphatic rings. The zero-order chi connectivity index (χ0) is 23.7. The van der Waals surface area contributed by atoms with E-state index in [0.29, 0.717) is 17.8 Å². The number of aromatic hydroxyl groups is 1. The number of carbonyl (C=O) groups excluding carboxylic acids is 1. The van der Waals surface area contributed by atoms with E-state index in [1.54, 1.807) is 30.4 Å². The summed E-state index contributed by atoms with van der Waals surface area (Å²) >= 11 is 1.76. The Morgan fingerprint density at radius 3 is 2.85 bits per heavy atom. The van der Waals surface area contributed by atoms with E-state index in [-0.39, 0.29) is 28.7 Å². The number of anilines is 2. The predicted molar refractivity (Wildman–Crippen MR) is 135 cm³/mol. The van der Waals surface area contributed by atoms with Gasteiger partial charge in [0.2, 0.25) is 0 Å². The Balaban J connectivity index is 1.29. The van der Waals surface area contributed by atoms with Crippen molar-refractivity contribution in [2.24, 2.45) is 28.6 Å². The van der Waals surface area contributed by atoms with Gasteiger partial charge in [-0.05, 0) is 85.8 Å². The maximum absolute atomic E-state index is 11.7. The van der Waals surface area contributed by atoms with Crippen LogP contribution < -0.4 is 5.32 Å². The first-order valence-electron chi connectivity index (χ1n) is 12.7. The van der Waals surface area contributed by atoms with Crippen molar-refractivity contribution in [2.45, 2.75) is 71.8 Å². The van der Waals surface area contributed by atoms with Crippen LogP contribution in [-0.4, -0.2) is 22.2 Å². The van der Waals surface area contributed by atoms with Crippen molar-refractivity contribution in [1.82, 2.24) is 4.98 Å². The van der Waals surface area contributed by atoms with Gasteiger partial charge in [-0.2, -0.15) is 0 Å². The molecule has 2 saturated carbocycles. The molecule has 6 rings (SSSR count). The number of benzene rings is 1. The van der Waals surface area contributed by atoms with Crippen molar-refractivity contribution in [1.29, 1.82) is 0 Å². The van der Waals surface area contributed by atoms with E-state index in [9.17, 15) is 9.90 Å². The number of allylic oxidation sites excluding steroid dienone is 2. The zero-order valence-corrected chi connectivity index (χ0v) is 21.1. The molecule has 0 bridgehead atoms. The average Bonchev–Trinajstić information content (AvgIpc) is 3.33. The highest BCUT2D eigenvalue weighted by Crippen LogP contribution is 2.66. The Morgan fingerprint density at radius 2 is 2.06 bits per heavy atom. The van der Waals surface area contributed by atoms with Crippen molar-refractivity contribution < 1.29 is 14.6 Å². The van der Waals surface area contributed by atoms with Crippen LogP contribution >= 0.6 is 11.3 Å². The SMILES string of the molecule is CC(=O)O[C@H]1CC[C@H]2[C@@H]3CC=C4c5sc(Nc6cccc(O)c6)nc5CC[C@]4(C)[C@H]3CC[C@]12C. The second-order valence-electron chi connectivity index (χ2n) is 11.3. The number of rotatable bonds is 3. The number of ether oxygens (including phenoxy) is 1. The number of fused-ring (bicyclic) bond motifs is 7. The van der Waals surface area contributed by atoms with Crippen molar-refractivity contribution >= 4 is 33.7 Å². The summed E-state index contributed by atoms with van der Waals surface area (Å²) in [4.78, 5) is 18.0. The third kappa shape index (κ3) is 3.32. The molecule has 0 spiro atoms. The van der Waals surface area contributed by atoms with E-state index < -0.39 is 0 Å². The van der Waals surface area contributed by atoms with Crippen molar-refractivity contribution in [3.05, 3.63) is 40.9 Å². The van der Waals surface area contributed by atoms with Gasteiger partial charge >= 0.3 is 5.97 Å². The number of aryl methyl sites for hydroxylation is 1. The number of carbonyl (C=O) groups is 1. The Morgan fingerprint density at radius 1 is 1.21 bits per heavy atom. The molecule has 6 heteroatoms. The largest absolute Gasteiger partial charge is 0.508 e. The molecule has 1 aromatic carbocycles. The van der Waals surface area contributed by atoms with E-state index >= 15 is 0 Å². The lowest BCUT2D eigenvalue weighted by Crippen LogP contribution is -2.50. The van der Waals surface area contributed by atoms with Crippen LogP contribution in [-0.2, 0) is 16.0 Å². The molecule has 0 aliphatic heterocycles. The van der Waals surface area contributed by atoms with Gasteiger partial charge in [0.05, 0.1) is 10.6 Å². The summed E-state index contributed by atoms with van der Waals surface area (Å²) in [5.74, 6) is 2.11. The van der Waals surface area contributed by atoms with Crippen LogP contribution in [0.2, 0.25) is 0 Å². The van der Waals surface area contributed by atoms with Crippen molar-refractivity contribution in [2.75, 3.05) is 5.32 Å². The normalized spacial score (nSPS) is 35.9. The second kappa shape index (κ2) is 7.84. The number of thiazole rings is 1. The number of phenols is 1. The molecule has 0 unspecified atom stereocenters. The fraction of sp³-hybridized carbons (Fsp3) is 0.571. The smallest absolute Gasteiger partial charge is 0.302 e. The molecule has 0 saturated heterocycles. The summed E-state index contributed by atoms with van der Waals surface area (Å²) in [7, 11) is 0. The third-order valence-corrected chi connectivity index (χ3v) is 10.7. The van der Waals surface area contributed by atoms with Gasteiger partial charge in [0.25, 0.3) is 0 Å². The standard InChI is InChI=1S/C28H34N2O3S/c1-16(31)33-24-10-9-20-19-7-8-22-25-23(12-14-27(22,2)21(19)11-13-28(20,24)3)30-26(34-25)29-17-5-4-6-18(32)15-17/h4-6,8,15,19-21,24,32H,7,9-14H2,1-3H3,(H,29,30)/t19-,20-,21-,24-,27+,28-/m0/s1. The number of nitrogens with one attached hydrogen (secondary N) is 1. The predicted octanol–water partition coefficient (Wildman–Crippen LogP) is 6.71. The van der Waals surface area contributed by atoms with Crippen LogP contribution in [0.15, 0.2) is 30.3 Å². The summed E-state index contributed by atoms with van der Waals surface area (Å²) in [5.41, 5.74) is 3.89. The first-order valence-corrected chi connectivity index (χ1v) is 13.5. The molecule has 1 heterocycles. The van der Waals surface area contributed by atoms with Gasteiger partial charge in [-0.15, -0.1) is 0 Å². The molecule has 34 heavy (non-hydrogen) atoms. The molecule has 0 amide bonds. The highest BCUT2D eigenvalue weighted by molar-refractivity contribution is 7.16. The van der Waals surface area contributed by atoms with Gasteiger partial charge in [0.1, 0.15) is 11.9 Å². The van der Waals surface area contributed by atoms with Gasteiger partial charge in [-0.1, -0.05) is 37.3 Å². The molecule has 5 nitrogen and oxygen atoms in total. The Hall–Kier alpha value is -2.34. The van der Waals surface area contributed by atoms with Crippen molar-refractivity contribution in [3.8, 4) is 5.75 Å². The fourth-order valence-electron chi connectivity index (χ4n) is 7.98. The van der Waals surface area contributed by atoms with E-state index in [2.05, 4.69) is 25.2 Å². The number of hydrogen-bond donors (Lipinski definition) is 2. The molecule has 0 radical (unpaired) electrons. The maximum atomic E-state index is 11.7. The highest BCUT2D eigenvalue weighted by Gasteiger charge is 2.59. The first-order chi connectivity index (χ1) is 16.3. The second-order valence-corrected chi connectivity index (χ2v) is 12.3. The van der Waals surface area contributed by atoms with Crippen LogP contribution in [0.1, 0.15) is 69.9 Å². The van der Waals surface area contributed by atoms with E-state index in [1.807, 2.05) is 12.1 Å². The summed E-state index contributed by atoms with van der Waals surface area (Å²) < 4.78 is 5.82. The third-order valence-electron chi connectivity index (χ3n) is 9.61. The highest BCUT2D eigenvalue weighted by atomic mass is 32.1. The number of esters is 1. The first kappa shape index (κ1) is 22.1. The van der Waals surface area contributed by atoms with Crippen LogP contribution in [0.25, 0.3) is 5.57 Å². The molecule has 2 N–H and O–H groups in total. The minimum absolute atomic E-state index is 0.0830. The number of hydrogen-bond acceptors (Lipinski definition) is 6. The summed E-state index contributed by atoms with van der Waals surface area (Å²) in [6, 6.07) is 7.22. The lowest BCUT2D eigenvalue weighted by molar-refractivity contribution is -0.156. The fourth-order valence-corrected chi connectivity index (χ4v) is 9.19. The van der Waals surface area contributed by atoms with Gasteiger partial charge in [0, 0.05) is 24.1 Å². The summed E-state index contributed by atoms with van der Waals surface area (Å²) in [5, 5.41) is 14.1. The number of aromatic nitrogens is 1. The van der Waals surface area contributed by atoms with Gasteiger partial charge in [-0.25, -0.2) is 4.98 Å². The minimum Gasteiger partial charge on any atom is -0.508 e. The Bertz CT molecular complexity index is 1170. The molecule has 6 atom stereocenters. The monoisotopic (exact) mass is 478 g/mol. The van der Waals surface area contributed by atoms with Gasteiger partial charge in [0.15, 0.2) is 5.13 Å². The molecule has 2 fully saturated rings. The maximum Gasteiger partial charge on any atom is 0.302 e. The molecular formula is C28H34N2O3S. The van der Waals surface area contributed by atoms with E-state index in [1.165, 1.54) is 29.0 Å². The lowest BCUT2D eigenvalue weighted by Gasteiger charge is -2.56. The molecule has 1 aromatic heterocycles. The Kier molecular flexibility index (Phi) is 5.11. The molecule has 2 aromatic rings. The lowest BCUT2D eigenvalue weighted by atomic mass is 9.48. The number of nitrogens with zero attached hydrogens (tertiary/aromatic N) is 1. The van der Waals surface area contributed by atoms with E-state index in [0.717, 1.165) is 42.9 Å². The number of phenolic OH excluding ortho intramolecular Hbond substituents is 1.